The van der Waals surface area contributed by atoms with E-state index < -0.39 is 24.6 Å². The lowest BCUT2D eigenvalue weighted by Gasteiger charge is -2.25. The van der Waals surface area contributed by atoms with Gasteiger partial charge in [-0.3, -0.25) is 9.36 Å². The van der Waals surface area contributed by atoms with Crippen LogP contribution in [-0.2, 0) is 14.3 Å². The van der Waals surface area contributed by atoms with Crippen LogP contribution in [0, 0.1) is 0 Å². The number of carboxylic acids is 1. The first kappa shape index (κ1) is 27.7. The number of aromatic nitrogens is 1. The van der Waals surface area contributed by atoms with Crippen molar-refractivity contribution < 1.29 is 33.6 Å². The lowest BCUT2D eigenvalue weighted by molar-refractivity contribution is -0.140. The van der Waals surface area contributed by atoms with Crippen LogP contribution in [0.5, 0.6) is 17.2 Å². The summed E-state index contributed by atoms with van der Waals surface area (Å²) in [4.78, 5) is 43.3. The second-order valence-corrected chi connectivity index (χ2v) is 10.8. The Morgan fingerprint density at radius 1 is 1.20 bits per heavy atom. The molecule has 40 heavy (non-hydrogen) atoms. The Balaban J connectivity index is 1.66. The SMILES string of the molecule is CCCC1=C(C(=O)OCC)[C@@H](c2ccc3c(c2)OCO3)n2c(s/c(=C/c3ccc(OCC(=O)O)c(Br)c3)c2=O)=N1. The summed E-state index contributed by atoms with van der Waals surface area (Å²) in [6.07, 6.45) is 3.00. The largest absolute Gasteiger partial charge is 0.481 e. The molecule has 1 aromatic heterocycles. The van der Waals surface area contributed by atoms with Crippen LogP contribution in [-0.4, -0.2) is 41.6 Å². The molecule has 0 spiro atoms. The fourth-order valence-corrected chi connectivity index (χ4v) is 6.07. The number of aliphatic carboxylic acids is 1. The maximum Gasteiger partial charge on any atom is 0.341 e. The maximum atomic E-state index is 13.9. The monoisotopic (exact) mass is 628 g/mol. The Morgan fingerprint density at radius 2 is 2.00 bits per heavy atom. The molecule has 0 fully saturated rings. The third-order valence-electron chi connectivity index (χ3n) is 6.21. The summed E-state index contributed by atoms with van der Waals surface area (Å²) in [5.74, 6) is -0.113. The number of carboxylic acid groups (broad SMARTS) is 1. The van der Waals surface area contributed by atoms with Gasteiger partial charge in [-0.1, -0.05) is 36.8 Å². The molecule has 1 atom stereocenters. The number of fused-ring (bicyclic) bond motifs is 2. The van der Waals surface area contributed by atoms with E-state index in [1.165, 1.54) is 15.9 Å². The highest BCUT2D eigenvalue weighted by atomic mass is 79.9. The quantitative estimate of drug-likeness (QED) is 0.357. The van der Waals surface area contributed by atoms with E-state index in [0.717, 1.165) is 6.42 Å². The minimum Gasteiger partial charge on any atom is -0.481 e. The predicted molar refractivity (Wildman–Crippen MR) is 149 cm³/mol. The van der Waals surface area contributed by atoms with Gasteiger partial charge in [0.1, 0.15) is 5.75 Å². The van der Waals surface area contributed by atoms with Crippen LogP contribution in [0.15, 0.2) is 61.9 Å². The second kappa shape index (κ2) is 11.7. The second-order valence-electron chi connectivity index (χ2n) is 8.90. The topological polar surface area (TPSA) is 126 Å². The Bertz CT molecular complexity index is 1710. The summed E-state index contributed by atoms with van der Waals surface area (Å²) in [5.41, 5.74) is 1.96. The van der Waals surface area contributed by atoms with Crippen molar-refractivity contribution >= 4 is 45.3 Å². The molecule has 3 heterocycles. The Kier molecular flexibility index (Phi) is 8.08. The summed E-state index contributed by atoms with van der Waals surface area (Å²) in [7, 11) is 0. The average molecular weight is 629 g/mol. The van der Waals surface area contributed by atoms with Crippen LogP contribution in [0.1, 0.15) is 43.9 Å². The number of carbonyl (C=O) groups is 2. The van der Waals surface area contributed by atoms with Crippen LogP contribution in [0.3, 0.4) is 0 Å². The minimum atomic E-state index is -1.08. The van der Waals surface area contributed by atoms with Gasteiger partial charge in [0.2, 0.25) is 6.79 Å². The summed E-state index contributed by atoms with van der Waals surface area (Å²) in [5, 5.41) is 8.87. The molecule has 2 aliphatic heterocycles. The van der Waals surface area contributed by atoms with Crippen molar-refractivity contribution in [1.82, 2.24) is 4.57 Å². The lowest BCUT2D eigenvalue weighted by Crippen LogP contribution is -2.40. The molecule has 3 aromatic rings. The van der Waals surface area contributed by atoms with Crippen molar-refractivity contribution in [2.75, 3.05) is 20.0 Å². The van der Waals surface area contributed by atoms with Gasteiger partial charge in [0, 0.05) is 0 Å². The van der Waals surface area contributed by atoms with Gasteiger partial charge in [-0.05, 0) is 70.7 Å². The molecule has 12 heteroatoms. The smallest absolute Gasteiger partial charge is 0.341 e. The summed E-state index contributed by atoms with van der Waals surface area (Å²) < 4.78 is 24.2. The highest BCUT2D eigenvalue weighted by molar-refractivity contribution is 9.10. The molecular formula is C28H25BrN2O8S. The molecular weight excluding hydrogens is 604 g/mol. The molecule has 208 valence electrons. The van der Waals surface area contributed by atoms with Gasteiger partial charge in [-0.15, -0.1) is 0 Å². The number of rotatable bonds is 9. The Hall–Kier alpha value is -3.90. The number of esters is 1. The van der Waals surface area contributed by atoms with Crippen molar-refractivity contribution in [3.05, 3.63) is 83.0 Å². The number of carbonyl (C=O) groups excluding carboxylic acids is 1. The van der Waals surface area contributed by atoms with E-state index in [1.54, 1.807) is 43.3 Å². The minimum absolute atomic E-state index is 0.0961. The number of ether oxygens (including phenoxy) is 4. The molecule has 5 rings (SSSR count). The van der Waals surface area contributed by atoms with E-state index in [9.17, 15) is 14.4 Å². The fraction of sp³-hybridized carbons (Fsp3) is 0.286. The third kappa shape index (κ3) is 5.41. The Morgan fingerprint density at radius 3 is 2.73 bits per heavy atom. The van der Waals surface area contributed by atoms with Crippen LogP contribution in [0.4, 0.5) is 0 Å². The number of allylic oxidation sites excluding steroid dienone is 1. The van der Waals surface area contributed by atoms with Crippen LogP contribution >= 0.6 is 27.3 Å². The van der Waals surface area contributed by atoms with Gasteiger partial charge in [-0.2, -0.15) is 0 Å². The van der Waals surface area contributed by atoms with E-state index in [0.29, 0.717) is 59.9 Å². The number of hydrogen-bond donors (Lipinski definition) is 1. The standard InChI is InChI=1S/C28H25BrN2O8S/c1-3-5-18-24(27(35)36-4-2)25(16-7-9-20-21(12-16)39-14-38-20)31-26(34)22(40-28(31)30-18)11-15-6-8-19(17(29)10-15)37-13-23(32)33/h6-12,25H,3-5,13-14H2,1-2H3,(H,32,33)/b22-11+/t25-/m1/s1. The summed E-state index contributed by atoms with van der Waals surface area (Å²) >= 11 is 4.62. The van der Waals surface area contributed by atoms with Crippen molar-refractivity contribution in [1.29, 1.82) is 0 Å². The molecule has 0 aliphatic carbocycles. The summed E-state index contributed by atoms with van der Waals surface area (Å²) in [6, 6.07) is 9.68. The molecule has 0 unspecified atom stereocenters. The zero-order chi connectivity index (χ0) is 28.4. The molecule has 0 saturated heterocycles. The van der Waals surface area contributed by atoms with Gasteiger partial charge >= 0.3 is 11.9 Å². The molecule has 2 aromatic carbocycles. The van der Waals surface area contributed by atoms with E-state index >= 15 is 0 Å². The molecule has 0 radical (unpaired) electrons. The van der Waals surface area contributed by atoms with Crippen molar-refractivity contribution in [3.63, 3.8) is 0 Å². The van der Waals surface area contributed by atoms with E-state index in [4.69, 9.17) is 29.0 Å². The first-order chi connectivity index (χ1) is 19.3. The zero-order valence-corrected chi connectivity index (χ0v) is 24.0. The maximum absolute atomic E-state index is 13.9. The van der Waals surface area contributed by atoms with Crippen LogP contribution < -0.4 is 29.1 Å². The number of thiazole rings is 1. The normalized spacial score (nSPS) is 16.0. The highest BCUT2D eigenvalue weighted by Gasteiger charge is 2.35. The Labute approximate surface area is 240 Å². The number of hydrogen-bond acceptors (Lipinski definition) is 9. The van der Waals surface area contributed by atoms with Crippen LogP contribution in [0.25, 0.3) is 6.08 Å². The van der Waals surface area contributed by atoms with Gasteiger partial charge in [0.15, 0.2) is 22.9 Å². The molecule has 1 N–H and O–H groups in total. The van der Waals surface area contributed by atoms with E-state index in [1.807, 2.05) is 13.0 Å². The van der Waals surface area contributed by atoms with E-state index in [2.05, 4.69) is 15.9 Å². The highest BCUT2D eigenvalue weighted by Crippen LogP contribution is 2.39. The predicted octanol–water partition coefficient (Wildman–Crippen LogP) is 3.53. The zero-order valence-electron chi connectivity index (χ0n) is 21.6. The van der Waals surface area contributed by atoms with Crippen molar-refractivity contribution in [2.45, 2.75) is 32.7 Å². The van der Waals surface area contributed by atoms with E-state index in [-0.39, 0.29) is 19.0 Å². The molecule has 0 amide bonds. The van der Waals surface area contributed by atoms with Gasteiger partial charge in [-0.25, -0.2) is 14.6 Å². The summed E-state index contributed by atoms with van der Waals surface area (Å²) in [6.45, 7) is 3.54. The molecule has 0 bridgehead atoms. The van der Waals surface area contributed by atoms with Crippen LogP contribution in [0.2, 0.25) is 0 Å². The first-order valence-corrected chi connectivity index (χ1v) is 14.2. The first-order valence-electron chi connectivity index (χ1n) is 12.6. The average Bonchev–Trinajstić information content (AvgIpc) is 3.51. The number of benzene rings is 2. The van der Waals surface area contributed by atoms with Crippen molar-refractivity contribution in [2.24, 2.45) is 4.99 Å². The van der Waals surface area contributed by atoms with Gasteiger partial charge in [0.05, 0.1) is 32.9 Å². The third-order valence-corrected chi connectivity index (χ3v) is 7.81. The lowest BCUT2D eigenvalue weighted by atomic mass is 9.94. The van der Waals surface area contributed by atoms with Crippen molar-refractivity contribution in [3.8, 4) is 17.2 Å². The number of nitrogens with zero attached hydrogens (tertiary/aromatic N) is 2. The molecule has 0 saturated carbocycles. The van der Waals surface area contributed by atoms with Gasteiger partial charge < -0.3 is 24.1 Å². The van der Waals surface area contributed by atoms with Gasteiger partial charge in [0.25, 0.3) is 5.56 Å². The fourth-order valence-electron chi connectivity index (χ4n) is 4.53. The molecule has 10 nitrogen and oxygen atoms in total. The number of halogens is 1. The molecule has 2 aliphatic rings.